The van der Waals surface area contributed by atoms with Gasteiger partial charge in [0.25, 0.3) is 0 Å². The molecule has 1 aromatic carbocycles. The fourth-order valence-electron chi connectivity index (χ4n) is 3.02. The molecular formula is C18H20N2O3S. The molecule has 1 saturated heterocycles. The van der Waals surface area contributed by atoms with E-state index in [-0.39, 0.29) is 30.8 Å². The van der Waals surface area contributed by atoms with Gasteiger partial charge in [-0.05, 0) is 23.4 Å². The van der Waals surface area contributed by atoms with E-state index in [0.29, 0.717) is 17.8 Å². The van der Waals surface area contributed by atoms with Crippen LogP contribution in [0, 0.1) is 0 Å². The molecule has 2 aromatic rings. The molecule has 3 rings (SSSR count). The lowest BCUT2D eigenvalue weighted by Crippen LogP contribution is -2.39. The summed E-state index contributed by atoms with van der Waals surface area (Å²) in [5.74, 6) is -0.283. The van der Waals surface area contributed by atoms with Gasteiger partial charge in [-0.15, -0.1) is 11.3 Å². The Balaban J connectivity index is 1.55. The van der Waals surface area contributed by atoms with E-state index in [1.807, 2.05) is 46.7 Å². The van der Waals surface area contributed by atoms with Crippen molar-refractivity contribution < 1.29 is 14.7 Å². The Labute approximate surface area is 144 Å². The summed E-state index contributed by atoms with van der Waals surface area (Å²) in [5.41, 5.74) is 1.09. The molecule has 2 N–H and O–H groups in total. The summed E-state index contributed by atoms with van der Waals surface area (Å²) < 4.78 is 0. The van der Waals surface area contributed by atoms with Crippen LogP contribution in [0.15, 0.2) is 47.8 Å². The maximum atomic E-state index is 12.2. The minimum absolute atomic E-state index is 0.00570. The van der Waals surface area contributed by atoms with Crippen molar-refractivity contribution in [2.24, 2.45) is 0 Å². The van der Waals surface area contributed by atoms with E-state index in [4.69, 9.17) is 0 Å². The van der Waals surface area contributed by atoms with Gasteiger partial charge in [-0.3, -0.25) is 14.5 Å². The first-order chi connectivity index (χ1) is 11.6. The third-order valence-electron chi connectivity index (χ3n) is 4.15. The average Bonchev–Trinajstić information content (AvgIpc) is 3.23. The van der Waals surface area contributed by atoms with Crippen LogP contribution in [0.25, 0.3) is 0 Å². The van der Waals surface area contributed by atoms with Crippen molar-refractivity contribution in [2.45, 2.75) is 18.6 Å². The number of hydrogen-bond donors (Lipinski definition) is 2. The molecule has 1 aromatic heterocycles. The molecule has 1 amide bonds. The minimum Gasteiger partial charge on any atom is -0.392 e. The number of hydrogen-bond acceptors (Lipinski definition) is 5. The summed E-state index contributed by atoms with van der Waals surface area (Å²) in [5, 5.41) is 14.5. The van der Waals surface area contributed by atoms with Crippen LogP contribution in [0.2, 0.25) is 0 Å². The van der Waals surface area contributed by atoms with Crippen molar-refractivity contribution >= 4 is 23.0 Å². The maximum absolute atomic E-state index is 12.2. The Morgan fingerprint density at radius 1 is 1.21 bits per heavy atom. The van der Waals surface area contributed by atoms with Crippen molar-refractivity contribution in [2.75, 3.05) is 19.6 Å². The summed E-state index contributed by atoms with van der Waals surface area (Å²) in [6, 6.07) is 13.5. The number of carbonyl (C=O) groups is 2. The van der Waals surface area contributed by atoms with Crippen LogP contribution in [-0.4, -0.2) is 47.4 Å². The molecule has 1 aliphatic heterocycles. The summed E-state index contributed by atoms with van der Waals surface area (Å²) >= 11 is 1.37. The molecule has 1 fully saturated rings. The molecule has 0 spiro atoms. The molecule has 2 unspecified atom stereocenters. The Kier molecular flexibility index (Phi) is 5.40. The Morgan fingerprint density at radius 2 is 2.00 bits per heavy atom. The quantitative estimate of drug-likeness (QED) is 0.785. The number of nitrogens with one attached hydrogen (secondary N) is 1. The highest BCUT2D eigenvalue weighted by atomic mass is 32.1. The molecule has 0 radical (unpaired) electrons. The first kappa shape index (κ1) is 16.8. The second-order valence-electron chi connectivity index (χ2n) is 5.92. The zero-order valence-electron chi connectivity index (χ0n) is 13.2. The van der Waals surface area contributed by atoms with Gasteiger partial charge in [-0.2, -0.15) is 0 Å². The largest absolute Gasteiger partial charge is 0.392 e. The van der Waals surface area contributed by atoms with Crippen molar-refractivity contribution in [3.05, 3.63) is 58.3 Å². The third-order valence-corrected chi connectivity index (χ3v) is 5.07. The van der Waals surface area contributed by atoms with Crippen LogP contribution < -0.4 is 5.32 Å². The lowest BCUT2D eigenvalue weighted by Gasteiger charge is -2.23. The van der Waals surface area contributed by atoms with E-state index in [0.717, 1.165) is 5.56 Å². The molecule has 0 saturated carbocycles. The van der Waals surface area contributed by atoms with E-state index in [9.17, 15) is 14.7 Å². The van der Waals surface area contributed by atoms with Gasteiger partial charge >= 0.3 is 0 Å². The topological polar surface area (TPSA) is 69.6 Å². The zero-order valence-corrected chi connectivity index (χ0v) is 14.0. The maximum Gasteiger partial charge on any atom is 0.234 e. The SMILES string of the molecule is O=C(CN1CC(O)CC1c1ccccc1)NCC(=O)c1cccs1. The summed E-state index contributed by atoms with van der Waals surface area (Å²) in [6.07, 6.45) is 0.182. The smallest absolute Gasteiger partial charge is 0.234 e. The van der Waals surface area contributed by atoms with Crippen LogP contribution in [0.4, 0.5) is 0 Å². The molecule has 6 heteroatoms. The average molecular weight is 344 g/mol. The third kappa shape index (κ3) is 4.08. The predicted molar refractivity (Wildman–Crippen MR) is 93.0 cm³/mol. The molecule has 2 atom stereocenters. The Morgan fingerprint density at radius 3 is 2.71 bits per heavy atom. The highest BCUT2D eigenvalue weighted by Crippen LogP contribution is 2.31. The number of aliphatic hydroxyl groups excluding tert-OH is 1. The number of nitrogens with zero attached hydrogens (tertiary/aromatic N) is 1. The molecule has 2 heterocycles. The molecule has 0 bridgehead atoms. The number of aliphatic hydroxyl groups is 1. The van der Waals surface area contributed by atoms with E-state index in [1.54, 1.807) is 6.07 Å². The van der Waals surface area contributed by atoms with Gasteiger partial charge < -0.3 is 10.4 Å². The number of thiophene rings is 1. The second kappa shape index (κ2) is 7.70. The van der Waals surface area contributed by atoms with Crippen LogP contribution in [-0.2, 0) is 4.79 Å². The first-order valence-electron chi connectivity index (χ1n) is 7.94. The first-order valence-corrected chi connectivity index (χ1v) is 8.82. The molecule has 1 aliphatic rings. The minimum atomic E-state index is -0.434. The predicted octanol–water partition coefficient (Wildman–Crippen LogP) is 1.85. The van der Waals surface area contributed by atoms with E-state index >= 15 is 0 Å². The van der Waals surface area contributed by atoms with Crippen molar-refractivity contribution in [3.8, 4) is 0 Å². The number of carbonyl (C=O) groups excluding carboxylic acids is 2. The van der Waals surface area contributed by atoms with Crippen molar-refractivity contribution in [3.63, 3.8) is 0 Å². The van der Waals surface area contributed by atoms with E-state index < -0.39 is 6.10 Å². The number of Topliss-reactive ketones (excluding diaryl/α,β-unsaturated/α-hetero) is 1. The van der Waals surface area contributed by atoms with Crippen LogP contribution in [0.3, 0.4) is 0 Å². The lowest BCUT2D eigenvalue weighted by atomic mass is 10.0. The number of amides is 1. The van der Waals surface area contributed by atoms with Crippen LogP contribution in [0.1, 0.15) is 27.7 Å². The van der Waals surface area contributed by atoms with Gasteiger partial charge in [0.05, 0.1) is 24.1 Å². The Bertz CT molecular complexity index is 688. The fourth-order valence-corrected chi connectivity index (χ4v) is 3.68. The number of β-amino-alcohol motifs (C(OH)–C–C–N with tert-alkyl or cyclic N) is 1. The summed E-state index contributed by atoms with van der Waals surface area (Å²) in [6.45, 7) is 0.645. The van der Waals surface area contributed by atoms with Crippen molar-refractivity contribution in [1.29, 1.82) is 0 Å². The van der Waals surface area contributed by atoms with Crippen LogP contribution >= 0.6 is 11.3 Å². The van der Waals surface area contributed by atoms with Gasteiger partial charge in [-0.1, -0.05) is 36.4 Å². The van der Waals surface area contributed by atoms with Crippen LogP contribution in [0.5, 0.6) is 0 Å². The molecule has 5 nitrogen and oxygen atoms in total. The van der Waals surface area contributed by atoms with Crippen molar-refractivity contribution in [1.82, 2.24) is 10.2 Å². The van der Waals surface area contributed by atoms with Gasteiger partial charge in [-0.25, -0.2) is 0 Å². The standard InChI is InChI=1S/C18H20N2O3S/c21-14-9-15(13-5-2-1-3-6-13)20(11-14)12-18(23)19-10-16(22)17-7-4-8-24-17/h1-8,14-15,21H,9-12H2,(H,19,23). The fraction of sp³-hybridized carbons (Fsp3) is 0.333. The number of benzene rings is 1. The Hall–Kier alpha value is -2.02. The van der Waals surface area contributed by atoms with E-state index in [2.05, 4.69) is 5.32 Å². The molecule has 0 aliphatic carbocycles. The van der Waals surface area contributed by atoms with E-state index in [1.165, 1.54) is 11.3 Å². The number of rotatable bonds is 6. The monoisotopic (exact) mass is 344 g/mol. The summed E-state index contributed by atoms with van der Waals surface area (Å²) in [4.78, 5) is 26.7. The molecular weight excluding hydrogens is 324 g/mol. The number of ketones is 1. The van der Waals surface area contributed by atoms with Gasteiger partial charge in [0.2, 0.25) is 5.91 Å². The lowest BCUT2D eigenvalue weighted by molar-refractivity contribution is -0.122. The van der Waals surface area contributed by atoms with Gasteiger partial charge in [0.1, 0.15) is 0 Å². The molecule has 24 heavy (non-hydrogen) atoms. The number of likely N-dealkylation sites (tertiary alicyclic amines) is 1. The zero-order chi connectivity index (χ0) is 16.9. The van der Waals surface area contributed by atoms with Gasteiger partial charge in [0, 0.05) is 12.6 Å². The van der Waals surface area contributed by atoms with Gasteiger partial charge in [0.15, 0.2) is 5.78 Å². The summed E-state index contributed by atoms with van der Waals surface area (Å²) in [7, 11) is 0. The highest BCUT2D eigenvalue weighted by Gasteiger charge is 2.33. The highest BCUT2D eigenvalue weighted by molar-refractivity contribution is 7.12. The normalized spacial score (nSPS) is 20.9. The second-order valence-corrected chi connectivity index (χ2v) is 6.87. The molecule has 126 valence electrons.